The molecule has 2 aromatic heterocycles. The van der Waals surface area contributed by atoms with Crippen molar-refractivity contribution < 1.29 is 4.79 Å². The second-order valence-corrected chi connectivity index (χ2v) is 6.36. The molecule has 25 heavy (non-hydrogen) atoms. The number of piperidine rings is 1. The Morgan fingerprint density at radius 1 is 1.32 bits per heavy atom. The number of anilines is 2. The Hall–Kier alpha value is -2.76. The van der Waals surface area contributed by atoms with Crippen molar-refractivity contribution >= 4 is 17.5 Å². The number of nitrogens with zero attached hydrogens (tertiary/aromatic N) is 4. The van der Waals surface area contributed by atoms with Crippen molar-refractivity contribution in [1.29, 1.82) is 0 Å². The van der Waals surface area contributed by atoms with E-state index in [2.05, 4.69) is 26.8 Å². The van der Waals surface area contributed by atoms with E-state index in [0.717, 1.165) is 49.4 Å². The Kier molecular flexibility index (Phi) is 5.38. The Morgan fingerprint density at radius 3 is 2.76 bits per heavy atom. The van der Waals surface area contributed by atoms with Gasteiger partial charge in [-0.2, -0.15) is 0 Å². The van der Waals surface area contributed by atoms with Crippen LogP contribution >= 0.6 is 0 Å². The number of rotatable bonds is 5. The summed E-state index contributed by atoms with van der Waals surface area (Å²) in [6.45, 7) is 7.13. The van der Waals surface area contributed by atoms with Crippen LogP contribution in [0.15, 0.2) is 43.4 Å². The number of carbonyl (C=O) groups is 1. The fourth-order valence-electron chi connectivity index (χ4n) is 3.04. The van der Waals surface area contributed by atoms with E-state index in [9.17, 15) is 4.79 Å². The summed E-state index contributed by atoms with van der Waals surface area (Å²) in [5.41, 5.74) is 2.05. The van der Waals surface area contributed by atoms with Gasteiger partial charge < -0.3 is 10.2 Å². The van der Waals surface area contributed by atoms with Crippen LogP contribution in [0.3, 0.4) is 0 Å². The third kappa shape index (κ3) is 4.41. The molecule has 0 radical (unpaired) electrons. The first-order valence-electron chi connectivity index (χ1n) is 8.56. The van der Waals surface area contributed by atoms with Crippen LogP contribution in [0, 0.1) is 12.8 Å². The maximum atomic E-state index is 11.6. The summed E-state index contributed by atoms with van der Waals surface area (Å²) in [4.78, 5) is 26.7. The van der Waals surface area contributed by atoms with Crippen molar-refractivity contribution in [3.8, 4) is 0 Å². The maximum absolute atomic E-state index is 11.6. The van der Waals surface area contributed by atoms with E-state index in [-0.39, 0.29) is 5.91 Å². The van der Waals surface area contributed by atoms with Gasteiger partial charge in [0.15, 0.2) is 0 Å². The number of pyridine rings is 1. The fraction of sp³-hybridized carbons (Fsp3) is 0.368. The summed E-state index contributed by atoms with van der Waals surface area (Å²) >= 11 is 0. The molecule has 3 rings (SSSR count). The zero-order valence-electron chi connectivity index (χ0n) is 14.5. The molecule has 0 unspecified atom stereocenters. The lowest BCUT2D eigenvalue weighted by molar-refractivity contribution is -0.127. The molecule has 1 amide bonds. The van der Waals surface area contributed by atoms with Gasteiger partial charge >= 0.3 is 0 Å². The van der Waals surface area contributed by atoms with Gasteiger partial charge in [0, 0.05) is 19.3 Å². The fourth-order valence-corrected chi connectivity index (χ4v) is 3.04. The molecule has 1 aliphatic rings. The number of hydrogen-bond donors (Lipinski definition) is 1. The molecular weight excluding hydrogens is 314 g/mol. The standard InChI is InChI=1S/C19H23N5O/c1-3-18(25)24-9-6-15(7-10-24)11-16-12-22-17(13-21-16)23-19-14(2)5-4-8-20-19/h3-5,8,12-13,15H,1,6-7,9-11H2,2H3,(H,20,22,23). The van der Waals surface area contributed by atoms with E-state index in [1.54, 1.807) is 12.4 Å². The van der Waals surface area contributed by atoms with E-state index in [1.807, 2.05) is 30.2 Å². The van der Waals surface area contributed by atoms with Gasteiger partial charge in [-0.25, -0.2) is 9.97 Å². The van der Waals surface area contributed by atoms with Crippen molar-refractivity contribution in [3.05, 3.63) is 54.6 Å². The average molecular weight is 337 g/mol. The molecule has 0 saturated carbocycles. The molecule has 0 spiro atoms. The molecule has 6 heteroatoms. The SMILES string of the molecule is C=CC(=O)N1CCC(Cc2cnc(Nc3ncccc3C)cn2)CC1. The van der Waals surface area contributed by atoms with E-state index in [0.29, 0.717) is 11.7 Å². The highest BCUT2D eigenvalue weighted by atomic mass is 16.2. The number of aryl methyl sites for hydroxylation is 1. The largest absolute Gasteiger partial charge is 0.339 e. The molecule has 1 aliphatic heterocycles. The highest BCUT2D eigenvalue weighted by molar-refractivity contribution is 5.87. The average Bonchev–Trinajstić information content (AvgIpc) is 2.65. The molecule has 0 aromatic carbocycles. The van der Waals surface area contributed by atoms with Gasteiger partial charge in [-0.05, 0) is 49.8 Å². The molecule has 0 bridgehead atoms. The van der Waals surface area contributed by atoms with Gasteiger partial charge in [-0.15, -0.1) is 0 Å². The molecular formula is C19H23N5O. The smallest absolute Gasteiger partial charge is 0.245 e. The minimum atomic E-state index is 0.0264. The first kappa shape index (κ1) is 17.1. The van der Waals surface area contributed by atoms with E-state index >= 15 is 0 Å². The first-order valence-corrected chi connectivity index (χ1v) is 8.56. The summed E-state index contributed by atoms with van der Waals surface area (Å²) in [5, 5.41) is 3.19. The van der Waals surface area contributed by atoms with Gasteiger partial charge in [-0.3, -0.25) is 9.78 Å². The minimum Gasteiger partial charge on any atom is -0.339 e. The molecule has 3 heterocycles. The van der Waals surface area contributed by atoms with Crippen LogP contribution in [0.1, 0.15) is 24.1 Å². The third-order valence-electron chi connectivity index (χ3n) is 4.56. The van der Waals surface area contributed by atoms with Crippen LogP contribution in [0.4, 0.5) is 11.6 Å². The molecule has 0 atom stereocenters. The second-order valence-electron chi connectivity index (χ2n) is 6.36. The minimum absolute atomic E-state index is 0.0264. The van der Waals surface area contributed by atoms with Crippen LogP contribution in [-0.4, -0.2) is 38.8 Å². The molecule has 1 fully saturated rings. The Bertz CT molecular complexity index is 736. The van der Waals surface area contributed by atoms with E-state index in [4.69, 9.17) is 0 Å². The van der Waals surface area contributed by atoms with Crippen molar-refractivity contribution in [3.63, 3.8) is 0 Å². The quantitative estimate of drug-likeness (QED) is 0.850. The number of nitrogens with one attached hydrogen (secondary N) is 1. The Labute approximate surface area is 148 Å². The molecule has 1 saturated heterocycles. The van der Waals surface area contributed by atoms with Gasteiger partial charge in [0.25, 0.3) is 0 Å². The zero-order valence-corrected chi connectivity index (χ0v) is 14.5. The Balaban J connectivity index is 1.54. The highest BCUT2D eigenvalue weighted by Crippen LogP contribution is 2.21. The van der Waals surface area contributed by atoms with Crippen molar-refractivity contribution in [1.82, 2.24) is 19.9 Å². The topological polar surface area (TPSA) is 71.0 Å². The summed E-state index contributed by atoms with van der Waals surface area (Å²) in [6, 6.07) is 3.91. The summed E-state index contributed by atoms with van der Waals surface area (Å²) in [5.74, 6) is 2.05. The highest BCUT2D eigenvalue weighted by Gasteiger charge is 2.21. The lowest BCUT2D eigenvalue weighted by Gasteiger charge is -2.31. The van der Waals surface area contributed by atoms with Crippen LogP contribution in [0.2, 0.25) is 0 Å². The van der Waals surface area contributed by atoms with Gasteiger partial charge in [0.05, 0.1) is 18.1 Å². The normalized spacial score (nSPS) is 15.0. The molecule has 130 valence electrons. The van der Waals surface area contributed by atoms with Crippen LogP contribution in [0.5, 0.6) is 0 Å². The van der Waals surface area contributed by atoms with Crippen LogP contribution < -0.4 is 5.32 Å². The zero-order chi connectivity index (χ0) is 17.6. The predicted molar refractivity (Wildman–Crippen MR) is 97.5 cm³/mol. The molecule has 2 aromatic rings. The van der Waals surface area contributed by atoms with Gasteiger partial charge in [-0.1, -0.05) is 12.6 Å². The maximum Gasteiger partial charge on any atom is 0.245 e. The lowest BCUT2D eigenvalue weighted by Crippen LogP contribution is -2.37. The van der Waals surface area contributed by atoms with Crippen molar-refractivity contribution in [2.24, 2.45) is 5.92 Å². The van der Waals surface area contributed by atoms with Gasteiger partial charge in [0.1, 0.15) is 11.6 Å². The van der Waals surface area contributed by atoms with Crippen LogP contribution in [0.25, 0.3) is 0 Å². The van der Waals surface area contributed by atoms with Crippen molar-refractivity contribution in [2.75, 3.05) is 18.4 Å². The van der Waals surface area contributed by atoms with Gasteiger partial charge in [0.2, 0.25) is 5.91 Å². The van der Waals surface area contributed by atoms with E-state index < -0.39 is 0 Å². The van der Waals surface area contributed by atoms with Crippen LogP contribution in [-0.2, 0) is 11.2 Å². The second kappa shape index (κ2) is 7.88. The third-order valence-corrected chi connectivity index (χ3v) is 4.56. The number of aromatic nitrogens is 3. The number of carbonyl (C=O) groups excluding carboxylic acids is 1. The number of hydrogen-bond acceptors (Lipinski definition) is 5. The summed E-state index contributed by atoms with van der Waals surface area (Å²) in [6.07, 6.45) is 9.60. The molecule has 0 aliphatic carbocycles. The number of likely N-dealkylation sites (tertiary alicyclic amines) is 1. The lowest BCUT2D eigenvalue weighted by atomic mass is 9.92. The monoisotopic (exact) mass is 337 g/mol. The first-order chi connectivity index (χ1) is 12.2. The van der Waals surface area contributed by atoms with Crippen molar-refractivity contribution in [2.45, 2.75) is 26.2 Å². The summed E-state index contributed by atoms with van der Waals surface area (Å²) in [7, 11) is 0. The molecule has 1 N–H and O–H groups in total. The number of amides is 1. The Morgan fingerprint density at radius 2 is 2.12 bits per heavy atom. The predicted octanol–water partition coefficient (Wildman–Crippen LogP) is 2.89. The van der Waals surface area contributed by atoms with E-state index in [1.165, 1.54) is 6.08 Å². The molecule has 6 nitrogen and oxygen atoms in total. The summed E-state index contributed by atoms with van der Waals surface area (Å²) < 4.78 is 0.